The van der Waals surface area contributed by atoms with E-state index in [1.807, 2.05) is 48.7 Å². The van der Waals surface area contributed by atoms with Gasteiger partial charge in [0.1, 0.15) is 24.6 Å². The largest absolute Gasteiger partial charge is 0.355 e. The number of amides is 2. The summed E-state index contributed by atoms with van der Waals surface area (Å²) in [7, 11) is 0. The fourth-order valence-corrected chi connectivity index (χ4v) is 4.82. The van der Waals surface area contributed by atoms with Gasteiger partial charge < -0.3 is 15.1 Å². The number of nitrogens with zero attached hydrogens (tertiary/aromatic N) is 6. The molecule has 0 aliphatic carbocycles. The summed E-state index contributed by atoms with van der Waals surface area (Å²) in [5.74, 6) is 0.330. The van der Waals surface area contributed by atoms with E-state index in [0.717, 1.165) is 36.5 Å². The molecule has 2 fully saturated rings. The molecule has 2 aliphatic heterocycles. The summed E-state index contributed by atoms with van der Waals surface area (Å²) in [5.41, 5.74) is 2.63. The Morgan fingerprint density at radius 2 is 1.86 bits per heavy atom. The lowest BCUT2D eigenvalue weighted by Gasteiger charge is -2.32. The number of carbonyl (C=O) groups is 2. The summed E-state index contributed by atoms with van der Waals surface area (Å²) < 4.78 is 16.1. The predicted octanol–water partition coefficient (Wildman–Crippen LogP) is 2.85. The van der Waals surface area contributed by atoms with E-state index in [9.17, 15) is 14.0 Å². The van der Waals surface area contributed by atoms with E-state index in [1.165, 1.54) is 9.58 Å². The maximum atomic E-state index is 14.6. The second-order valence-corrected chi connectivity index (χ2v) is 10.0. The van der Waals surface area contributed by atoms with E-state index in [2.05, 4.69) is 39.4 Å². The molecule has 4 heterocycles. The molecular formula is C27H32FN7O2. The average Bonchev–Trinajstić information content (AvgIpc) is 3.48. The Kier molecular flexibility index (Phi) is 7.16. The summed E-state index contributed by atoms with van der Waals surface area (Å²) >= 11 is 0. The van der Waals surface area contributed by atoms with Crippen molar-refractivity contribution >= 4 is 17.6 Å². The quantitative estimate of drug-likeness (QED) is 0.506. The molecule has 2 saturated heterocycles. The number of anilines is 1. The number of hydrogen-bond donors (Lipinski definition) is 1. The molecule has 0 bridgehead atoms. The van der Waals surface area contributed by atoms with Gasteiger partial charge in [-0.1, -0.05) is 55.5 Å². The molecule has 2 amide bonds. The summed E-state index contributed by atoms with van der Waals surface area (Å²) in [6.45, 7) is 5.74. The molecule has 2 aromatic heterocycles. The van der Waals surface area contributed by atoms with Gasteiger partial charge >= 0.3 is 0 Å². The smallest absolute Gasteiger partial charge is 0.245 e. The van der Waals surface area contributed by atoms with Crippen LogP contribution in [0.25, 0.3) is 0 Å². The number of aromatic nitrogens is 4. The first kappa shape index (κ1) is 24.9. The molecule has 3 aromatic rings. The van der Waals surface area contributed by atoms with Crippen LogP contribution in [0.4, 0.5) is 10.2 Å². The van der Waals surface area contributed by atoms with Gasteiger partial charge in [-0.2, -0.15) is 0 Å². The number of halogens is 1. The van der Waals surface area contributed by atoms with Gasteiger partial charge in [0.2, 0.25) is 11.8 Å². The van der Waals surface area contributed by atoms with Crippen molar-refractivity contribution < 1.29 is 14.0 Å². The minimum atomic E-state index is -1.27. The molecule has 3 atom stereocenters. The van der Waals surface area contributed by atoms with Crippen LogP contribution in [-0.2, 0) is 16.1 Å². The van der Waals surface area contributed by atoms with Crippen LogP contribution in [0.3, 0.4) is 0 Å². The molecule has 0 saturated carbocycles. The highest BCUT2D eigenvalue weighted by Gasteiger charge is 2.41. The zero-order valence-electron chi connectivity index (χ0n) is 21.1. The lowest BCUT2D eigenvalue weighted by atomic mass is 10.00. The van der Waals surface area contributed by atoms with E-state index in [4.69, 9.17) is 0 Å². The Hall–Kier alpha value is -3.82. The van der Waals surface area contributed by atoms with Crippen molar-refractivity contribution in [2.24, 2.45) is 0 Å². The van der Waals surface area contributed by atoms with Crippen molar-refractivity contribution in [3.63, 3.8) is 0 Å². The first-order chi connectivity index (χ1) is 17.9. The Balaban J connectivity index is 1.34. The molecule has 5 rings (SSSR count). The van der Waals surface area contributed by atoms with Crippen LogP contribution in [0.2, 0.25) is 0 Å². The average molecular weight is 506 g/mol. The molecule has 1 aromatic carbocycles. The van der Waals surface area contributed by atoms with Crippen molar-refractivity contribution in [3.8, 4) is 0 Å². The van der Waals surface area contributed by atoms with Crippen LogP contribution in [0.5, 0.6) is 0 Å². The number of alkyl halides is 1. The van der Waals surface area contributed by atoms with Gasteiger partial charge in [0.15, 0.2) is 0 Å². The minimum Gasteiger partial charge on any atom is -0.355 e. The second-order valence-electron chi connectivity index (χ2n) is 10.0. The standard InChI is InChI=1S/C27H32FN7O2/c1-18(2)20-9-10-22(29-14-20)26(19-7-4-3-5-8-19)31-27(37)23-13-21(28)16-34(23)25(36)17-35-24(15-30-32-35)33-11-6-12-33/h3-5,7-10,14-15,18,21,23,26H,6,11-13,16-17H2,1-2H3,(H,31,37). The number of nitrogens with one attached hydrogen (secondary N) is 1. The molecule has 1 N–H and O–H groups in total. The molecule has 194 valence electrons. The fourth-order valence-electron chi connectivity index (χ4n) is 4.82. The number of carbonyl (C=O) groups excluding carboxylic acids is 2. The Morgan fingerprint density at radius 3 is 2.51 bits per heavy atom. The molecule has 3 unspecified atom stereocenters. The molecule has 0 spiro atoms. The molecule has 0 radical (unpaired) electrons. The third-order valence-corrected chi connectivity index (χ3v) is 7.13. The van der Waals surface area contributed by atoms with Gasteiger partial charge in [0, 0.05) is 25.7 Å². The number of rotatable bonds is 8. The minimum absolute atomic E-state index is 0.0465. The Bertz CT molecular complexity index is 1230. The zero-order valence-corrected chi connectivity index (χ0v) is 21.1. The van der Waals surface area contributed by atoms with E-state index >= 15 is 0 Å². The Labute approximate surface area is 215 Å². The summed E-state index contributed by atoms with van der Waals surface area (Å²) in [5, 5.41) is 11.0. The van der Waals surface area contributed by atoms with Crippen LogP contribution >= 0.6 is 0 Å². The highest BCUT2D eigenvalue weighted by molar-refractivity contribution is 5.89. The van der Waals surface area contributed by atoms with Crippen molar-refractivity contribution in [2.45, 2.75) is 57.4 Å². The number of likely N-dealkylation sites (tertiary alicyclic amines) is 1. The van der Waals surface area contributed by atoms with Gasteiger partial charge in [-0.3, -0.25) is 14.6 Å². The van der Waals surface area contributed by atoms with Crippen LogP contribution in [-0.4, -0.2) is 68.5 Å². The first-order valence-electron chi connectivity index (χ1n) is 12.8. The lowest BCUT2D eigenvalue weighted by molar-refractivity contribution is -0.139. The zero-order chi connectivity index (χ0) is 25.9. The van der Waals surface area contributed by atoms with Gasteiger partial charge in [0.25, 0.3) is 0 Å². The molecule has 10 heteroatoms. The monoisotopic (exact) mass is 505 g/mol. The third kappa shape index (κ3) is 5.33. The van der Waals surface area contributed by atoms with Crippen molar-refractivity contribution in [3.05, 3.63) is 71.7 Å². The highest BCUT2D eigenvalue weighted by atomic mass is 19.1. The van der Waals surface area contributed by atoms with Crippen molar-refractivity contribution in [1.82, 2.24) is 30.2 Å². The topological polar surface area (TPSA) is 96.2 Å². The van der Waals surface area contributed by atoms with Gasteiger partial charge in [-0.25, -0.2) is 9.07 Å². The maximum Gasteiger partial charge on any atom is 0.245 e. The predicted molar refractivity (Wildman–Crippen MR) is 137 cm³/mol. The fraction of sp³-hybridized carbons (Fsp3) is 0.444. The molecule has 37 heavy (non-hydrogen) atoms. The summed E-state index contributed by atoms with van der Waals surface area (Å²) in [6.07, 6.45) is 3.20. The van der Waals surface area contributed by atoms with Crippen molar-refractivity contribution in [1.29, 1.82) is 0 Å². The van der Waals surface area contributed by atoms with Crippen LogP contribution in [0.15, 0.2) is 54.9 Å². The van der Waals surface area contributed by atoms with Crippen LogP contribution in [0.1, 0.15) is 55.5 Å². The first-order valence-corrected chi connectivity index (χ1v) is 12.8. The van der Waals surface area contributed by atoms with Gasteiger partial charge in [0.05, 0.1) is 24.5 Å². The van der Waals surface area contributed by atoms with E-state index in [1.54, 1.807) is 6.20 Å². The summed E-state index contributed by atoms with van der Waals surface area (Å²) in [4.78, 5) is 34.8. The molecule has 2 aliphatic rings. The van der Waals surface area contributed by atoms with Crippen LogP contribution in [0, 0.1) is 0 Å². The normalized spacial score (nSPS) is 20.1. The van der Waals surface area contributed by atoms with Crippen molar-refractivity contribution in [2.75, 3.05) is 24.5 Å². The molecule has 9 nitrogen and oxygen atoms in total. The number of pyridine rings is 1. The van der Waals surface area contributed by atoms with Crippen LogP contribution < -0.4 is 10.2 Å². The van der Waals surface area contributed by atoms with Gasteiger partial charge in [-0.15, -0.1) is 5.10 Å². The van der Waals surface area contributed by atoms with E-state index in [-0.39, 0.29) is 25.4 Å². The van der Waals surface area contributed by atoms with E-state index in [0.29, 0.717) is 11.6 Å². The Morgan fingerprint density at radius 1 is 1.08 bits per heavy atom. The number of hydrogen-bond acceptors (Lipinski definition) is 6. The van der Waals surface area contributed by atoms with Gasteiger partial charge in [-0.05, 0) is 29.5 Å². The highest BCUT2D eigenvalue weighted by Crippen LogP contribution is 2.26. The summed E-state index contributed by atoms with van der Waals surface area (Å²) in [6, 6.07) is 12.0. The number of benzene rings is 1. The molecular weight excluding hydrogens is 473 g/mol. The SMILES string of the molecule is CC(C)c1ccc(C(NC(=O)C2CC(F)CN2C(=O)Cn2nncc2N2CCC2)c2ccccc2)nc1. The third-order valence-electron chi connectivity index (χ3n) is 7.13. The second kappa shape index (κ2) is 10.7. The lowest BCUT2D eigenvalue weighted by Crippen LogP contribution is -2.48. The van der Waals surface area contributed by atoms with E-state index < -0.39 is 24.2 Å². The maximum absolute atomic E-state index is 14.6.